The molecule has 0 saturated heterocycles. The predicted molar refractivity (Wildman–Crippen MR) is 123 cm³/mol. The Labute approximate surface area is 159 Å². The van der Waals surface area contributed by atoms with Crippen LogP contribution < -0.4 is 0 Å². The first-order valence-electron chi connectivity index (χ1n) is 7.83. The van der Waals surface area contributed by atoms with Gasteiger partial charge in [-0.05, 0) is 0 Å². The van der Waals surface area contributed by atoms with Gasteiger partial charge in [0.25, 0.3) is 0 Å². The highest BCUT2D eigenvalue weighted by molar-refractivity contribution is 14.0. The third-order valence-electron chi connectivity index (χ3n) is 2.41. The molecule has 0 N–H and O–H groups in total. The number of rotatable bonds is 8. The number of hydrogen-bond acceptors (Lipinski definition) is 0. The lowest BCUT2D eigenvalue weighted by atomic mass is 10.2. The molecule has 0 nitrogen and oxygen atoms in total. The van der Waals surface area contributed by atoms with E-state index in [-0.39, 0.29) is 53.7 Å². The largest absolute Gasteiger partial charge is 0.107 e. The first-order valence-corrected chi connectivity index (χ1v) is 7.83. The maximum Gasteiger partial charge on any atom is -0.0533 e. The van der Waals surface area contributed by atoms with Gasteiger partial charge in [-0.15, -0.1) is 24.0 Å². The summed E-state index contributed by atoms with van der Waals surface area (Å²) in [6.45, 7) is 13.0. The normalized spacial score (nSPS) is 6.57. The van der Waals surface area contributed by atoms with Gasteiger partial charge in [-0.2, -0.15) is 0 Å². The Morgan fingerprint density at radius 3 is 0.619 bits per heavy atom. The van der Waals surface area contributed by atoms with Crippen LogP contribution in [-0.4, -0.2) is 0 Å². The molecule has 0 atom stereocenters. The summed E-state index contributed by atoms with van der Waals surface area (Å²) in [6.07, 6.45) is 14.0. The number of halogens is 1. The minimum absolute atomic E-state index is 0. The second kappa shape index (κ2) is 70.1. The van der Waals surface area contributed by atoms with E-state index < -0.39 is 0 Å². The van der Waals surface area contributed by atoms with Gasteiger partial charge in [-0.25, -0.2) is 0 Å². The highest BCUT2D eigenvalue weighted by atomic mass is 127. The Kier molecular flexibility index (Phi) is 165. The molecule has 0 fully saturated rings. The minimum atomic E-state index is 0. The van der Waals surface area contributed by atoms with Crippen LogP contribution >= 0.6 is 24.0 Å². The van der Waals surface area contributed by atoms with Crippen LogP contribution in [0.2, 0.25) is 0 Å². The number of hydrogen-bond donors (Lipinski definition) is 0. The van der Waals surface area contributed by atoms with Gasteiger partial charge in [0.1, 0.15) is 0 Å². The van der Waals surface area contributed by atoms with E-state index >= 15 is 0 Å². The molecule has 0 unspecified atom stereocenters. The Morgan fingerprint density at radius 1 is 0.381 bits per heavy atom. The molecule has 1 heteroatoms. The molecular weight excluding hydrogens is 367 g/mol. The van der Waals surface area contributed by atoms with Crippen molar-refractivity contribution >= 4 is 24.0 Å². The molecule has 142 valence electrons. The van der Waals surface area contributed by atoms with Crippen molar-refractivity contribution in [1.82, 2.24) is 0 Å². The summed E-state index contributed by atoms with van der Waals surface area (Å²) >= 11 is 0. The monoisotopic (exact) mass is 422 g/mol. The summed E-state index contributed by atoms with van der Waals surface area (Å²) in [5.41, 5.74) is 0. The van der Waals surface area contributed by atoms with Gasteiger partial charge in [-0.1, -0.05) is 135 Å². The molecule has 0 spiro atoms. The van der Waals surface area contributed by atoms with E-state index in [1.54, 1.807) is 0 Å². The summed E-state index contributed by atoms with van der Waals surface area (Å²) < 4.78 is 0. The molecule has 0 aromatic rings. The van der Waals surface area contributed by atoms with Crippen LogP contribution in [0.3, 0.4) is 0 Å². The van der Waals surface area contributed by atoms with Crippen molar-refractivity contribution in [2.45, 2.75) is 135 Å². The fourth-order valence-corrected chi connectivity index (χ4v) is 1.35. The lowest BCUT2D eigenvalue weighted by Gasteiger charge is -1.90. The Hall–Kier alpha value is 0.730. The van der Waals surface area contributed by atoms with Gasteiger partial charge in [0.05, 0.1) is 0 Å². The summed E-state index contributed by atoms with van der Waals surface area (Å²) in [7, 11) is 0. The lowest BCUT2D eigenvalue weighted by Crippen LogP contribution is -1.70. The molecule has 0 aliphatic heterocycles. The fraction of sp³-hybridized carbons (Fsp3) is 1.00. The van der Waals surface area contributed by atoms with E-state index in [0.717, 1.165) is 0 Å². The van der Waals surface area contributed by atoms with Gasteiger partial charge in [0.15, 0.2) is 0 Å². The van der Waals surface area contributed by atoms with Gasteiger partial charge >= 0.3 is 0 Å². The molecule has 0 heterocycles. The topological polar surface area (TPSA) is 0 Å². The van der Waals surface area contributed by atoms with Crippen LogP contribution in [-0.2, 0) is 0 Å². The van der Waals surface area contributed by atoms with Gasteiger partial charge in [-0.3, -0.25) is 0 Å². The molecule has 0 rings (SSSR count). The predicted octanol–water partition coefficient (Wildman–Crippen LogP) is 10.1. The summed E-state index contributed by atoms with van der Waals surface area (Å²) in [5.74, 6) is 0. The molecule has 0 bridgehead atoms. The lowest BCUT2D eigenvalue weighted by molar-refractivity contribution is 0.656. The zero-order valence-corrected chi connectivity index (χ0v) is 15.8. The summed E-state index contributed by atoms with van der Waals surface area (Å²) in [4.78, 5) is 0. The van der Waals surface area contributed by atoms with Gasteiger partial charge in [0, 0.05) is 0 Å². The van der Waals surface area contributed by atoms with E-state index in [1.165, 1.54) is 64.2 Å². The molecule has 0 amide bonds. The van der Waals surface area contributed by atoms with Crippen molar-refractivity contribution < 1.29 is 0 Å². The molecule has 0 radical (unpaired) electrons. The van der Waals surface area contributed by atoms with Crippen molar-refractivity contribution in [2.24, 2.45) is 0 Å². The highest BCUT2D eigenvalue weighted by Crippen LogP contribution is 2.00. The molecular formula is C20H55I. The molecule has 0 aliphatic carbocycles. The van der Waals surface area contributed by atoms with E-state index in [2.05, 4.69) is 27.7 Å². The van der Waals surface area contributed by atoms with E-state index in [1.807, 2.05) is 13.8 Å². The van der Waals surface area contributed by atoms with Crippen molar-refractivity contribution in [1.29, 1.82) is 0 Å². The van der Waals surface area contributed by atoms with E-state index in [0.29, 0.717) is 0 Å². The SMILES string of the molecule is C.C.C.C.CC.CCCCCCC.CCCCCCC.I. The summed E-state index contributed by atoms with van der Waals surface area (Å²) in [6, 6.07) is 0. The quantitative estimate of drug-likeness (QED) is 0.269. The fourth-order valence-electron chi connectivity index (χ4n) is 1.35. The maximum atomic E-state index is 2.25. The maximum absolute atomic E-state index is 2.25. The zero-order valence-electron chi connectivity index (χ0n) is 13.5. The highest BCUT2D eigenvalue weighted by Gasteiger charge is 1.80. The van der Waals surface area contributed by atoms with Crippen LogP contribution in [0.1, 0.15) is 135 Å². The minimum Gasteiger partial charge on any atom is -0.107 e. The second-order valence-electron chi connectivity index (χ2n) is 4.12. The van der Waals surface area contributed by atoms with E-state index in [9.17, 15) is 0 Å². The van der Waals surface area contributed by atoms with Crippen LogP contribution in [0, 0.1) is 0 Å². The Morgan fingerprint density at radius 2 is 0.524 bits per heavy atom. The first kappa shape index (κ1) is 49.5. The second-order valence-corrected chi connectivity index (χ2v) is 4.12. The standard InChI is InChI=1S/2C7H16.C2H6.4CH4.HI/c2*1-3-5-7-6-4-2;1-2;;;;;/h2*3-7H2,1-2H3;1-2H3;4*1H4;1H. The average molecular weight is 423 g/mol. The van der Waals surface area contributed by atoms with Crippen LogP contribution in [0.4, 0.5) is 0 Å². The van der Waals surface area contributed by atoms with Crippen molar-refractivity contribution in [3.05, 3.63) is 0 Å². The van der Waals surface area contributed by atoms with Crippen molar-refractivity contribution in [3.63, 3.8) is 0 Å². The Bertz CT molecular complexity index is 54.2. The molecule has 0 aromatic carbocycles. The molecule has 0 saturated carbocycles. The van der Waals surface area contributed by atoms with Crippen molar-refractivity contribution in [2.75, 3.05) is 0 Å². The Balaban J connectivity index is -0.0000000197. The van der Waals surface area contributed by atoms with E-state index in [4.69, 9.17) is 0 Å². The number of unbranched alkanes of at least 4 members (excludes halogenated alkanes) is 8. The van der Waals surface area contributed by atoms with Crippen LogP contribution in [0.25, 0.3) is 0 Å². The van der Waals surface area contributed by atoms with Crippen LogP contribution in [0.15, 0.2) is 0 Å². The molecule has 0 aromatic heterocycles. The van der Waals surface area contributed by atoms with Crippen molar-refractivity contribution in [3.8, 4) is 0 Å². The van der Waals surface area contributed by atoms with Crippen LogP contribution in [0.5, 0.6) is 0 Å². The summed E-state index contributed by atoms with van der Waals surface area (Å²) in [5, 5.41) is 0. The van der Waals surface area contributed by atoms with Gasteiger partial charge in [0.2, 0.25) is 0 Å². The third-order valence-corrected chi connectivity index (χ3v) is 2.41. The van der Waals surface area contributed by atoms with Gasteiger partial charge < -0.3 is 0 Å². The molecule has 0 aliphatic rings. The average Bonchev–Trinajstić information content (AvgIpc) is 2.34. The third kappa shape index (κ3) is 95.4. The smallest absolute Gasteiger partial charge is 0.0533 e. The molecule has 21 heavy (non-hydrogen) atoms. The first-order chi connectivity index (χ1) is 7.83. The zero-order chi connectivity index (χ0) is 13.1.